The molecule has 0 radical (unpaired) electrons. The molecule has 0 aromatic carbocycles. The van der Waals surface area contributed by atoms with Crippen LogP contribution in [0.15, 0.2) is 0 Å². The van der Waals surface area contributed by atoms with Gasteiger partial charge in [-0.2, -0.15) is 5.10 Å². The first kappa shape index (κ1) is 11.6. The van der Waals surface area contributed by atoms with Crippen molar-refractivity contribution in [3.8, 4) is 0 Å². The van der Waals surface area contributed by atoms with Gasteiger partial charge in [0.05, 0.1) is 0 Å². The Labute approximate surface area is 102 Å². The third kappa shape index (κ3) is 1.88. The van der Waals surface area contributed by atoms with Gasteiger partial charge in [-0.1, -0.05) is 6.92 Å². The number of hydrogen-bond acceptors (Lipinski definition) is 3. The van der Waals surface area contributed by atoms with Crippen LogP contribution in [0.4, 0.5) is 0 Å². The Bertz CT molecular complexity index is 398. The number of aromatic nitrogens is 3. The molecule has 0 amide bonds. The first-order valence-electron chi connectivity index (χ1n) is 6.10. The molecule has 1 aliphatic heterocycles. The normalized spacial score (nSPS) is 26.1. The Morgan fingerprint density at radius 3 is 2.56 bits per heavy atom. The fourth-order valence-electron chi connectivity index (χ4n) is 2.59. The fourth-order valence-corrected chi connectivity index (χ4v) is 2.84. The van der Waals surface area contributed by atoms with Gasteiger partial charge < -0.3 is 5.01 Å². The fraction of sp³-hybridized carbons (Fsp3) is 0.818. The highest BCUT2D eigenvalue weighted by atomic mass is 32.1. The molecule has 2 heterocycles. The van der Waals surface area contributed by atoms with Gasteiger partial charge in [-0.3, -0.25) is 5.10 Å². The molecule has 90 valence electrons. The van der Waals surface area contributed by atoms with Gasteiger partial charge >= 0.3 is 0 Å². The van der Waals surface area contributed by atoms with E-state index in [0.717, 1.165) is 17.0 Å². The van der Waals surface area contributed by atoms with E-state index in [1.165, 1.54) is 19.3 Å². The second kappa shape index (κ2) is 4.57. The lowest BCUT2D eigenvalue weighted by Crippen LogP contribution is -2.51. The van der Waals surface area contributed by atoms with E-state index in [1.807, 2.05) is 0 Å². The molecule has 0 bridgehead atoms. The number of aromatic amines is 1. The van der Waals surface area contributed by atoms with E-state index >= 15 is 0 Å². The molecule has 1 aliphatic rings. The first-order valence-corrected chi connectivity index (χ1v) is 6.51. The van der Waals surface area contributed by atoms with E-state index in [-0.39, 0.29) is 0 Å². The van der Waals surface area contributed by atoms with Crippen molar-refractivity contribution in [3.63, 3.8) is 0 Å². The number of nitrogens with one attached hydrogen (secondary N) is 1. The maximum Gasteiger partial charge on any atom is 0.214 e. The van der Waals surface area contributed by atoms with Gasteiger partial charge in [0.1, 0.15) is 0 Å². The van der Waals surface area contributed by atoms with Crippen LogP contribution in [0.25, 0.3) is 0 Å². The Morgan fingerprint density at radius 1 is 1.38 bits per heavy atom. The minimum atomic E-state index is 0.540. The molecule has 5 heteroatoms. The second-order valence-electron chi connectivity index (χ2n) is 4.62. The Balaban J connectivity index is 2.40. The van der Waals surface area contributed by atoms with Crippen molar-refractivity contribution >= 4 is 12.2 Å². The van der Waals surface area contributed by atoms with Gasteiger partial charge in [-0.25, -0.2) is 4.68 Å². The summed E-state index contributed by atoms with van der Waals surface area (Å²) < 4.78 is 2.82. The highest BCUT2D eigenvalue weighted by Gasteiger charge is 2.27. The van der Waals surface area contributed by atoms with Crippen LogP contribution in [0.2, 0.25) is 0 Å². The lowest BCUT2D eigenvalue weighted by Gasteiger charge is -2.41. The largest absolute Gasteiger partial charge is 0.303 e. The minimum absolute atomic E-state index is 0.540. The van der Waals surface area contributed by atoms with Crippen LogP contribution in [0.1, 0.15) is 45.9 Å². The predicted molar refractivity (Wildman–Crippen MR) is 67.8 cm³/mol. The standard InChI is InChI=1S/C11H20N4S/c1-4-10-12-13-11(16)15(10)14-8(2)6-5-7-9(14)3/h8-9H,4-7H2,1-3H3,(H,13,16). The number of hydrogen-bond donors (Lipinski definition) is 1. The summed E-state index contributed by atoms with van der Waals surface area (Å²) in [5, 5.41) is 9.57. The summed E-state index contributed by atoms with van der Waals surface area (Å²) in [5.74, 6) is 1.03. The molecular formula is C11H20N4S. The molecule has 1 aromatic heterocycles. The van der Waals surface area contributed by atoms with Crippen LogP contribution < -0.4 is 5.01 Å². The minimum Gasteiger partial charge on any atom is -0.303 e. The van der Waals surface area contributed by atoms with E-state index in [2.05, 4.69) is 40.7 Å². The maximum absolute atomic E-state index is 5.33. The van der Waals surface area contributed by atoms with Crippen molar-refractivity contribution in [2.45, 2.75) is 58.5 Å². The van der Waals surface area contributed by atoms with E-state index in [1.54, 1.807) is 0 Å². The Hall–Kier alpha value is -0.840. The molecule has 0 aliphatic carbocycles. The summed E-state index contributed by atoms with van der Waals surface area (Å²) in [7, 11) is 0. The highest BCUT2D eigenvalue weighted by molar-refractivity contribution is 7.71. The monoisotopic (exact) mass is 240 g/mol. The van der Waals surface area contributed by atoms with Gasteiger partial charge in [0.25, 0.3) is 0 Å². The smallest absolute Gasteiger partial charge is 0.214 e. The summed E-state index contributed by atoms with van der Waals surface area (Å²) >= 11 is 5.33. The summed E-state index contributed by atoms with van der Waals surface area (Å²) in [5.41, 5.74) is 0. The molecule has 1 fully saturated rings. The van der Waals surface area contributed by atoms with E-state index in [9.17, 15) is 0 Å². The number of H-pyrrole nitrogens is 1. The second-order valence-corrected chi connectivity index (χ2v) is 5.01. The molecule has 4 nitrogen and oxygen atoms in total. The highest BCUT2D eigenvalue weighted by Crippen LogP contribution is 2.22. The van der Waals surface area contributed by atoms with Crippen LogP contribution in [0.5, 0.6) is 0 Å². The zero-order chi connectivity index (χ0) is 11.7. The van der Waals surface area contributed by atoms with Gasteiger partial charge in [0, 0.05) is 18.5 Å². The number of nitrogens with zero attached hydrogens (tertiary/aromatic N) is 3. The zero-order valence-corrected chi connectivity index (χ0v) is 11.0. The topological polar surface area (TPSA) is 36.9 Å². The van der Waals surface area contributed by atoms with Crippen molar-refractivity contribution in [3.05, 3.63) is 10.6 Å². The Morgan fingerprint density at radius 2 is 2.00 bits per heavy atom. The molecule has 1 N–H and O–H groups in total. The van der Waals surface area contributed by atoms with Gasteiger partial charge in [-0.15, -0.1) is 0 Å². The summed E-state index contributed by atoms with van der Waals surface area (Å²) in [6.45, 7) is 6.65. The van der Waals surface area contributed by atoms with Gasteiger partial charge in [0.15, 0.2) is 5.82 Å². The van der Waals surface area contributed by atoms with Crippen molar-refractivity contribution in [1.82, 2.24) is 14.9 Å². The van der Waals surface area contributed by atoms with Crippen molar-refractivity contribution in [2.24, 2.45) is 0 Å². The van der Waals surface area contributed by atoms with Crippen molar-refractivity contribution in [2.75, 3.05) is 5.01 Å². The quantitative estimate of drug-likeness (QED) is 0.807. The summed E-state index contributed by atoms with van der Waals surface area (Å²) in [4.78, 5) is 0. The molecule has 0 spiro atoms. The van der Waals surface area contributed by atoms with Crippen LogP contribution >= 0.6 is 12.2 Å². The van der Waals surface area contributed by atoms with Crippen LogP contribution in [0.3, 0.4) is 0 Å². The van der Waals surface area contributed by atoms with Crippen molar-refractivity contribution < 1.29 is 0 Å². The zero-order valence-electron chi connectivity index (χ0n) is 10.2. The molecule has 1 saturated heterocycles. The molecule has 16 heavy (non-hydrogen) atoms. The van der Waals surface area contributed by atoms with Crippen molar-refractivity contribution in [1.29, 1.82) is 0 Å². The SMILES string of the molecule is CCc1n[nH]c(=S)n1N1C(C)CCCC1C. The number of rotatable bonds is 2. The molecule has 0 saturated carbocycles. The third-order valence-electron chi connectivity index (χ3n) is 3.41. The average Bonchev–Trinajstić information content (AvgIpc) is 2.60. The first-order chi connectivity index (χ1) is 7.65. The molecule has 2 unspecified atom stereocenters. The Kier molecular flexibility index (Phi) is 3.33. The van der Waals surface area contributed by atoms with Gasteiger partial charge in [-0.05, 0) is 45.3 Å². The van der Waals surface area contributed by atoms with Gasteiger partial charge in [0.2, 0.25) is 4.77 Å². The van der Waals surface area contributed by atoms with E-state index in [0.29, 0.717) is 12.1 Å². The predicted octanol–water partition coefficient (Wildman–Crippen LogP) is 2.40. The molecule has 2 atom stereocenters. The third-order valence-corrected chi connectivity index (χ3v) is 3.68. The van der Waals surface area contributed by atoms with Crippen LogP contribution in [-0.2, 0) is 6.42 Å². The summed E-state index contributed by atoms with van der Waals surface area (Å²) in [6, 6.07) is 1.08. The number of aryl methyl sites for hydroxylation is 1. The lowest BCUT2D eigenvalue weighted by atomic mass is 10.00. The van der Waals surface area contributed by atoms with Crippen LogP contribution in [0, 0.1) is 4.77 Å². The summed E-state index contributed by atoms with van der Waals surface area (Å²) in [6.07, 6.45) is 4.69. The molecular weight excluding hydrogens is 220 g/mol. The lowest BCUT2D eigenvalue weighted by molar-refractivity contribution is 0.329. The van der Waals surface area contributed by atoms with E-state index < -0.39 is 0 Å². The van der Waals surface area contributed by atoms with Crippen LogP contribution in [-0.4, -0.2) is 27.0 Å². The molecule has 2 rings (SSSR count). The van der Waals surface area contributed by atoms with E-state index in [4.69, 9.17) is 12.2 Å². The molecule has 1 aromatic rings. The average molecular weight is 240 g/mol. The number of piperidine rings is 1. The maximum atomic E-state index is 5.33.